The maximum atomic E-state index is 11.8. The van der Waals surface area contributed by atoms with Gasteiger partial charge in [0.15, 0.2) is 0 Å². The summed E-state index contributed by atoms with van der Waals surface area (Å²) in [4.78, 5) is 22.8. The molecule has 0 aromatic heterocycles. The second-order valence-corrected chi connectivity index (χ2v) is 7.89. The zero-order valence-corrected chi connectivity index (χ0v) is 22.0. The average Bonchev–Trinajstić information content (AvgIpc) is 2.86. The molecule has 11 nitrogen and oxygen atoms in total. The highest BCUT2D eigenvalue weighted by atomic mass is 16.6. The Hall–Kier alpha value is -1.34. The molecule has 0 bridgehead atoms. The summed E-state index contributed by atoms with van der Waals surface area (Å²) in [7, 11) is 1.56. The molecule has 1 unspecified atom stereocenters. The van der Waals surface area contributed by atoms with Crippen molar-refractivity contribution < 1.29 is 42.7 Å². The van der Waals surface area contributed by atoms with Gasteiger partial charge in [0.2, 0.25) is 11.8 Å². The standard InChI is InChI=1S/C24H48N2O9/c1-4-5-7-29-9-11-32-16-18-35-21-24(28)26-19-22(2)6-8-30-10-12-31-13-14-33-15-17-34-20-23(27)25-3/h22H,4-21H2,1-3H3,(H,25,27)(H,26,28). The maximum Gasteiger partial charge on any atom is 0.246 e. The van der Waals surface area contributed by atoms with E-state index in [0.29, 0.717) is 85.1 Å². The van der Waals surface area contributed by atoms with Gasteiger partial charge in [-0.1, -0.05) is 20.3 Å². The van der Waals surface area contributed by atoms with Crippen LogP contribution >= 0.6 is 0 Å². The molecule has 0 fully saturated rings. The fourth-order valence-corrected chi connectivity index (χ4v) is 2.47. The summed E-state index contributed by atoms with van der Waals surface area (Å²) in [5, 5.41) is 5.34. The zero-order valence-electron chi connectivity index (χ0n) is 22.0. The van der Waals surface area contributed by atoms with Gasteiger partial charge in [-0.25, -0.2) is 0 Å². The number of nitrogens with one attached hydrogen (secondary N) is 2. The van der Waals surface area contributed by atoms with Crippen LogP contribution in [0.15, 0.2) is 0 Å². The van der Waals surface area contributed by atoms with Gasteiger partial charge in [0.05, 0.1) is 66.1 Å². The number of carbonyl (C=O) groups excluding carboxylic acids is 2. The van der Waals surface area contributed by atoms with Gasteiger partial charge in [-0.05, 0) is 18.8 Å². The first kappa shape index (κ1) is 33.7. The third kappa shape index (κ3) is 27.1. The highest BCUT2D eigenvalue weighted by molar-refractivity contribution is 5.77. The molecule has 1 atom stereocenters. The Morgan fingerprint density at radius 2 is 1.06 bits per heavy atom. The lowest BCUT2D eigenvalue weighted by Crippen LogP contribution is -2.32. The number of rotatable bonds is 27. The lowest BCUT2D eigenvalue weighted by Gasteiger charge is -2.13. The molecule has 0 rings (SSSR count). The molecule has 0 spiro atoms. The fourth-order valence-electron chi connectivity index (χ4n) is 2.47. The molecule has 0 radical (unpaired) electrons. The predicted molar refractivity (Wildman–Crippen MR) is 131 cm³/mol. The summed E-state index contributed by atoms with van der Waals surface area (Å²) < 4.78 is 37.5. The zero-order chi connectivity index (χ0) is 25.8. The highest BCUT2D eigenvalue weighted by Gasteiger charge is 2.06. The van der Waals surface area contributed by atoms with Crippen molar-refractivity contribution in [2.75, 3.05) is 106 Å². The minimum atomic E-state index is -0.158. The van der Waals surface area contributed by atoms with Crippen molar-refractivity contribution in [1.82, 2.24) is 10.6 Å². The van der Waals surface area contributed by atoms with Gasteiger partial charge in [-0.2, -0.15) is 0 Å². The van der Waals surface area contributed by atoms with E-state index in [0.717, 1.165) is 25.9 Å². The van der Waals surface area contributed by atoms with Gasteiger partial charge in [0.25, 0.3) is 0 Å². The number of likely N-dealkylation sites (N-methyl/N-ethyl adjacent to an activating group) is 1. The molecule has 208 valence electrons. The highest BCUT2D eigenvalue weighted by Crippen LogP contribution is 2.00. The number of amides is 2. The first-order chi connectivity index (χ1) is 17.1. The van der Waals surface area contributed by atoms with E-state index in [4.69, 9.17) is 33.2 Å². The monoisotopic (exact) mass is 508 g/mol. The number of ether oxygens (including phenoxy) is 7. The summed E-state index contributed by atoms with van der Waals surface area (Å²) >= 11 is 0. The summed E-state index contributed by atoms with van der Waals surface area (Å²) in [5.74, 6) is 0.0126. The van der Waals surface area contributed by atoms with Crippen molar-refractivity contribution in [1.29, 1.82) is 0 Å². The number of hydrogen-bond donors (Lipinski definition) is 2. The first-order valence-corrected chi connectivity index (χ1v) is 12.6. The van der Waals surface area contributed by atoms with Gasteiger partial charge in [-0.3, -0.25) is 9.59 Å². The maximum absolute atomic E-state index is 11.8. The Morgan fingerprint density at radius 1 is 0.629 bits per heavy atom. The Kier molecular flexibility index (Phi) is 26.2. The van der Waals surface area contributed by atoms with E-state index in [2.05, 4.69) is 24.5 Å². The Labute approximate surface area is 210 Å². The van der Waals surface area contributed by atoms with Gasteiger partial charge in [0.1, 0.15) is 13.2 Å². The summed E-state index contributed by atoms with van der Waals surface area (Å²) in [6.45, 7) is 10.9. The van der Waals surface area contributed by atoms with Crippen LogP contribution in [0, 0.1) is 5.92 Å². The molecule has 2 amide bonds. The molecule has 0 aliphatic heterocycles. The second-order valence-electron chi connectivity index (χ2n) is 7.89. The minimum absolute atomic E-state index is 0.0314. The molecule has 0 aromatic rings. The molecule has 0 aliphatic rings. The van der Waals surface area contributed by atoms with E-state index in [-0.39, 0.29) is 25.0 Å². The van der Waals surface area contributed by atoms with Crippen LogP contribution in [-0.2, 0) is 42.7 Å². The van der Waals surface area contributed by atoms with Crippen molar-refractivity contribution in [3.8, 4) is 0 Å². The van der Waals surface area contributed by atoms with Gasteiger partial charge in [-0.15, -0.1) is 0 Å². The SMILES string of the molecule is CCCCOCCOCCOCC(=O)NCC(C)CCOCCOCCOCCOCC(=O)NC. The molecule has 0 heterocycles. The smallest absolute Gasteiger partial charge is 0.246 e. The third-order valence-electron chi connectivity index (χ3n) is 4.65. The van der Waals surface area contributed by atoms with Crippen LogP contribution < -0.4 is 10.6 Å². The van der Waals surface area contributed by atoms with Crippen molar-refractivity contribution in [2.45, 2.75) is 33.1 Å². The van der Waals surface area contributed by atoms with Crippen molar-refractivity contribution in [3.05, 3.63) is 0 Å². The molecule has 0 saturated heterocycles. The molecular weight excluding hydrogens is 460 g/mol. The van der Waals surface area contributed by atoms with Crippen molar-refractivity contribution >= 4 is 11.8 Å². The minimum Gasteiger partial charge on any atom is -0.379 e. The van der Waals surface area contributed by atoms with E-state index in [1.165, 1.54) is 0 Å². The van der Waals surface area contributed by atoms with Crippen LogP contribution in [0.5, 0.6) is 0 Å². The van der Waals surface area contributed by atoms with E-state index >= 15 is 0 Å². The van der Waals surface area contributed by atoms with Crippen LogP contribution in [0.4, 0.5) is 0 Å². The molecule has 35 heavy (non-hydrogen) atoms. The van der Waals surface area contributed by atoms with Crippen LogP contribution in [0.2, 0.25) is 0 Å². The largest absolute Gasteiger partial charge is 0.379 e. The predicted octanol–water partition coefficient (Wildman–Crippen LogP) is 0.791. The molecule has 2 N–H and O–H groups in total. The van der Waals surface area contributed by atoms with Crippen LogP contribution in [0.3, 0.4) is 0 Å². The lowest BCUT2D eigenvalue weighted by atomic mass is 10.1. The molecule has 0 saturated carbocycles. The molecule has 0 aromatic carbocycles. The van der Waals surface area contributed by atoms with E-state index in [9.17, 15) is 9.59 Å². The summed E-state index contributed by atoms with van der Waals surface area (Å²) in [6, 6.07) is 0. The van der Waals surface area contributed by atoms with Crippen molar-refractivity contribution in [3.63, 3.8) is 0 Å². The Balaban J connectivity index is 3.30. The normalized spacial score (nSPS) is 12.0. The molecule has 11 heteroatoms. The van der Waals surface area contributed by atoms with E-state index in [1.54, 1.807) is 7.05 Å². The lowest BCUT2D eigenvalue weighted by molar-refractivity contribution is -0.127. The summed E-state index contributed by atoms with van der Waals surface area (Å²) in [6.07, 6.45) is 3.03. The number of unbranched alkanes of at least 4 members (excludes halogenated alkanes) is 1. The van der Waals surface area contributed by atoms with Gasteiger partial charge < -0.3 is 43.8 Å². The van der Waals surface area contributed by atoms with Crippen LogP contribution in [-0.4, -0.2) is 118 Å². The molecule has 0 aliphatic carbocycles. The molecular formula is C24H48N2O9. The van der Waals surface area contributed by atoms with E-state index in [1.807, 2.05) is 0 Å². The first-order valence-electron chi connectivity index (χ1n) is 12.6. The van der Waals surface area contributed by atoms with Crippen LogP contribution in [0.1, 0.15) is 33.1 Å². The van der Waals surface area contributed by atoms with Crippen LogP contribution in [0.25, 0.3) is 0 Å². The van der Waals surface area contributed by atoms with Crippen molar-refractivity contribution in [2.24, 2.45) is 5.92 Å². The van der Waals surface area contributed by atoms with Gasteiger partial charge >= 0.3 is 0 Å². The number of carbonyl (C=O) groups is 2. The Morgan fingerprint density at radius 3 is 1.54 bits per heavy atom. The quantitative estimate of drug-likeness (QED) is 0.155. The third-order valence-corrected chi connectivity index (χ3v) is 4.65. The Bertz CT molecular complexity index is 484. The topological polar surface area (TPSA) is 123 Å². The fraction of sp³-hybridized carbons (Fsp3) is 0.917. The second kappa shape index (κ2) is 27.3. The average molecular weight is 509 g/mol. The van der Waals surface area contributed by atoms with E-state index < -0.39 is 0 Å². The number of hydrogen-bond acceptors (Lipinski definition) is 9. The summed E-state index contributed by atoms with van der Waals surface area (Å²) in [5.41, 5.74) is 0. The van der Waals surface area contributed by atoms with Gasteiger partial charge in [0, 0.05) is 26.8 Å².